The Morgan fingerprint density at radius 3 is 2.48 bits per heavy atom. The molecular formula is C17H21N3O3. The Kier molecular flexibility index (Phi) is 5.51. The number of carbonyl (C=O) groups is 2. The number of carbonyl (C=O) groups excluding carboxylic acids is 1. The van der Waals surface area contributed by atoms with Gasteiger partial charge in [-0.15, -0.1) is 0 Å². The van der Waals surface area contributed by atoms with Gasteiger partial charge in [0.25, 0.3) is 5.91 Å². The highest BCUT2D eigenvalue weighted by atomic mass is 16.4. The zero-order valence-corrected chi connectivity index (χ0v) is 13.3. The summed E-state index contributed by atoms with van der Waals surface area (Å²) in [5, 5.41) is 11.8. The number of carboxylic acids is 1. The molecule has 1 aromatic heterocycles. The number of nitrogens with one attached hydrogen (secondary N) is 1. The van der Waals surface area contributed by atoms with Crippen LogP contribution in [0.3, 0.4) is 0 Å². The summed E-state index contributed by atoms with van der Waals surface area (Å²) in [7, 11) is 0. The summed E-state index contributed by atoms with van der Waals surface area (Å²) in [5.41, 5.74) is 1.49. The molecule has 0 saturated carbocycles. The first kappa shape index (κ1) is 16.7. The third-order valence-corrected chi connectivity index (χ3v) is 3.45. The fourth-order valence-electron chi connectivity index (χ4n) is 2.29. The first-order chi connectivity index (χ1) is 11.0. The SMILES string of the molecule is CC(C)C[C@@H](NC(=O)c1ccc(Cn2ccnc2)cc1)C(=O)O. The van der Waals surface area contributed by atoms with Gasteiger partial charge in [-0.1, -0.05) is 26.0 Å². The summed E-state index contributed by atoms with van der Waals surface area (Å²) in [6.45, 7) is 4.52. The molecule has 122 valence electrons. The molecule has 2 rings (SSSR count). The van der Waals surface area contributed by atoms with E-state index < -0.39 is 12.0 Å². The van der Waals surface area contributed by atoms with Gasteiger partial charge in [-0.25, -0.2) is 9.78 Å². The Bertz CT molecular complexity index is 648. The van der Waals surface area contributed by atoms with Gasteiger partial charge in [0.2, 0.25) is 0 Å². The van der Waals surface area contributed by atoms with Crippen LogP contribution in [0.5, 0.6) is 0 Å². The van der Waals surface area contributed by atoms with E-state index >= 15 is 0 Å². The van der Waals surface area contributed by atoms with Crippen LogP contribution in [0.1, 0.15) is 36.2 Å². The van der Waals surface area contributed by atoms with Gasteiger partial charge in [0.1, 0.15) is 6.04 Å². The Morgan fingerprint density at radius 2 is 1.96 bits per heavy atom. The average Bonchev–Trinajstić information content (AvgIpc) is 2.99. The van der Waals surface area contributed by atoms with Crippen LogP contribution in [0.15, 0.2) is 43.0 Å². The van der Waals surface area contributed by atoms with Gasteiger partial charge in [-0.05, 0) is 30.0 Å². The summed E-state index contributed by atoms with van der Waals surface area (Å²) in [6, 6.07) is 6.25. The minimum Gasteiger partial charge on any atom is -0.480 e. The molecule has 0 aliphatic heterocycles. The summed E-state index contributed by atoms with van der Waals surface area (Å²) in [4.78, 5) is 27.4. The van der Waals surface area contributed by atoms with Crippen molar-refractivity contribution in [1.82, 2.24) is 14.9 Å². The molecule has 0 unspecified atom stereocenters. The lowest BCUT2D eigenvalue weighted by molar-refractivity contribution is -0.139. The number of hydrogen-bond acceptors (Lipinski definition) is 3. The molecule has 6 nitrogen and oxygen atoms in total. The third kappa shape index (κ3) is 4.95. The molecule has 2 N–H and O–H groups in total. The van der Waals surface area contributed by atoms with Gasteiger partial charge in [0.05, 0.1) is 6.33 Å². The summed E-state index contributed by atoms with van der Waals surface area (Å²) in [5.74, 6) is -1.19. The second kappa shape index (κ2) is 7.58. The zero-order chi connectivity index (χ0) is 16.8. The maximum Gasteiger partial charge on any atom is 0.326 e. The zero-order valence-electron chi connectivity index (χ0n) is 13.3. The molecule has 0 aliphatic rings. The summed E-state index contributed by atoms with van der Waals surface area (Å²) in [6.07, 6.45) is 5.70. The molecule has 0 spiro atoms. The van der Waals surface area contributed by atoms with Crippen LogP contribution in [0, 0.1) is 5.92 Å². The smallest absolute Gasteiger partial charge is 0.326 e. The monoisotopic (exact) mass is 315 g/mol. The van der Waals surface area contributed by atoms with Crippen LogP contribution in [-0.2, 0) is 11.3 Å². The maximum absolute atomic E-state index is 12.2. The van der Waals surface area contributed by atoms with E-state index in [0.29, 0.717) is 18.5 Å². The number of carboxylic acid groups (broad SMARTS) is 1. The van der Waals surface area contributed by atoms with Gasteiger partial charge in [-0.2, -0.15) is 0 Å². The lowest BCUT2D eigenvalue weighted by Crippen LogP contribution is -2.41. The van der Waals surface area contributed by atoms with Gasteiger partial charge < -0.3 is 15.0 Å². The van der Waals surface area contributed by atoms with Crippen LogP contribution in [0.2, 0.25) is 0 Å². The number of amides is 1. The first-order valence-electron chi connectivity index (χ1n) is 7.54. The number of aliphatic carboxylic acids is 1. The van der Waals surface area contributed by atoms with E-state index in [4.69, 9.17) is 0 Å². The second-order valence-electron chi connectivity index (χ2n) is 5.93. The molecular weight excluding hydrogens is 294 g/mol. The van der Waals surface area contributed by atoms with Crippen molar-refractivity contribution in [2.45, 2.75) is 32.9 Å². The van der Waals surface area contributed by atoms with E-state index in [1.165, 1.54) is 0 Å². The van der Waals surface area contributed by atoms with Crippen molar-refractivity contribution in [3.8, 4) is 0 Å². The number of imidazole rings is 1. The molecule has 0 radical (unpaired) electrons. The predicted molar refractivity (Wildman–Crippen MR) is 86.1 cm³/mol. The molecule has 2 aromatic rings. The van der Waals surface area contributed by atoms with Crippen LogP contribution in [-0.4, -0.2) is 32.6 Å². The summed E-state index contributed by atoms with van der Waals surface area (Å²) >= 11 is 0. The minimum absolute atomic E-state index is 0.189. The molecule has 1 aromatic carbocycles. The van der Waals surface area contributed by atoms with E-state index in [9.17, 15) is 14.7 Å². The molecule has 0 bridgehead atoms. The molecule has 0 saturated heterocycles. The quantitative estimate of drug-likeness (QED) is 0.820. The Hall–Kier alpha value is -2.63. The van der Waals surface area contributed by atoms with Gasteiger partial charge in [0.15, 0.2) is 0 Å². The minimum atomic E-state index is -1.01. The molecule has 1 atom stereocenters. The van der Waals surface area contributed by atoms with Crippen molar-refractivity contribution in [1.29, 1.82) is 0 Å². The summed E-state index contributed by atoms with van der Waals surface area (Å²) < 4.78 is 1.93. The third-order valence-electron chi connectivity index (χ3n) is 3.45. The van der Waals surface area contributed by atoms with Crippen LogP contribution in [0.4, 0.5) is 0 Å². The van der Waals surface area contributed by atoms with Crippen molar-refractivity contribution in [3.63, 3.8) is 0 Å². The van der Waals surface area contributed by atoms with Gasteiger partial charge in [-0.3, -0.25) is 4.79 Å². The van der Waals surface area contributed by atoms with E-state index in [-0.39, 0.29) is 11.8 Å². The number of rotatable bonds is 7. The van der Waals surface area contributed by atoms with Gasteiger partial charge >= 0.3 is 5.97 Å². The van der Waals surface area contributed by atoms with Crippen molar-refractivity contribution in [2.24, 2.45) is 5.92 Å². The highest BCUT2D eigenvalue weighted by molar-refractivity contribution is 5.96. The van der Waals surface area contributed by atoms with Gasteiger partial charge in [0, 0.05) is 24.5 Å². The molecule has 1 heterocycles. The Labute approximate surface area is 135 Å². The molecule has 6 heteroatoms. The largest absolute Gasteiger partial charge is 0.480 e. The van der Waals surface area contributed by atoms with Crippen molar-refractivity contribution in [2.75, 3.05) is 0 Å². The molecule has 1 amide bonds. The van der Waals surface area contributed by atoms with Crippen LogP contribution < -0.4 is 5.32 Å². The van der Waals surface area contributed by atoms with E-state index in [1.807, 2.05) is 36.7 Å². The number of benzene rings is 1. The lowest BCUT2D eigenvalue weighted by Gasteiger charge is -2.16. The second-order valence-corrected chi connectivity index (χ2v) is 5.93. The maximum atomic E-state index is 12.2. The first-order valence-corrected chi connectivity index (χ1v) is 7.54. The normalized spacial score (nSPS) is 12.1. The predicted octanol–water partition coefficient (Wildman–Crippen LogP) is 2.16. The topological polar surface area (TPSA) is 84.2 Å². The number of aromatic nitrogens is 2. The Morgan fingerprint density at radius 1 is 1.26 bits per heavy atom. The molecule has 23 heavy (non-hydrogen) atoms. The highest BCUT2D eigenvalue weighted by Crippen LogP contribution is 2.09. The van der Waals surface area contributed by atoms with Crippen LogP contribution >= 0.6 is 0 Å². The molecule has 0 fully saturated rings. The van der Waals surface area contributed by atoms with Crippen LogP contribution in [0.25, 0.3) is 0 Å². The Balaban J connectivity index is 2.00. The lowest BCUT2D eigenvalue weighted by atomic mass is 10.0. The van der Waals surface area contributed by atoms with Crippen molar-refractivity contribution < 1.29 is 14.7 Å². The molecule has 0 aliphatic carbocycles. The number of nitrogens with zero attached hydrogens (tertiary/aromatic N) is 2. The fourth-order valence-corrected chi connectivity index (χ4v) is 2.29. The van der Waals surface area contributed by atoms with E-state index in [2.05, 4.69) is 10.3 Å². The highest BCUT2D eigenvalue weighted by Gasteiger charge is 2.21. The number of hydrogen-bond donors (Lipinski definition) is 2. The van der Waals surface area contributed by atoms with E-state index in [0.717, 1.165) is 5.56 Å². The standard InChI is InChI=1S/C17H21N3O3/c1-12(2)9-15(17(22)23)19-16(21)14-5-3-13(4-6-14)10-20-8-7-18-11-20/h3-8,11-12,15H,9-10H2,1-2H3,(H,19,21)(H,22,23)/t15-/m1/s1. The fraction of sp³-hybridized carbons (Fsp3) is 0.353. The van der Waals surface area contributed by atoms with Crippen molar-refractivity contribution in [3.05, 3.63) is 54.1 Å². The average molecular weight is 315 g/mol. The van der Waals surface area contributed by atoms with E-state index in [1.54, 1.807) is 24.7 Å². The van der Waals surface area contributed by atoms with Crippen molar-refractivity contribution >= 4 is 11.9 Å².